The van der Waals surface area contributed by atoms with Crippen LogP contribution in [0.25, 0.3) is 0 Å². The summed E-state index contributed by atoms with van der Waals surface area (Å²) in [5.74, 6) is 0.652. The average Bonchev–Trinajstić information content (AvgIpc) is 2.51. The molecule has 0 fully saturated rings. The first-order valence-corrected chi connectivity index (χ1v) is 8.95. The van der Waals surface area contributed by atoms with E-state index in [2.05, 4.69) is 6.07 Å². The third-order valence-corrected chi connectivity index (χ3v) is 4.07. The van der Waals surface area contributed by atoms with Crippen molar-refractivity contribution in [1.82, 2.24) is 0 Å². The molecule has 0 atom stereocenters. The molecule has 2 aromatic carbocycles. The molecule has 5 heteroatoms. The van der Waals surface area contributed by atoms with Crippen LogP contribution in [0.15, 0.2) is 47.4 Å². The summed E-state index contributed by atoms with van der Waals surface area (Å²) >= 11 is 0. The minimum atomic E-state index is -3.41. The van der Waals surface area contributed by atoms with E-state index < -0.39 is 9.84 Å². The monoisotopic (exact) mass is 319 g/mol. The molecule has 0 aromatic heterocycles. The van der Waals surface area contributed by atoms with E-state index in [0.29, 0.717) is 19.0 Å². The van der Waals surface area contributed by atoms with Gasteiger partial charge in [0.05, 0.1) is 6.61 Å². The summed E-state index contributed by atoms with van der Waals surface area (Å²) in [5, 5.41) is 0. The summed E-state index contributed by atoms with van der Waals surface area (Å²) in [6.07, 6.45) is 1.93. The zero-order valence-electron chi connectivity index (χ0n) is 12.7. The minimum absolute atomic E-state index is 0.103. The quantitative estimate of drug-likeness (QED) is 0.786. The summed E-state index contributed by atoms with van der Waals surface area (Å²) in [6, 6.07) is 15.5. The summed E-state index contributed by atoms with van der Waals surface area (Å²) in [4.78, 5) is 0.103. The number of benzene rings is 2. The van der Waals surface area contributed by atoms with Gasteiger partial charge in [-0.15, -0.1) is 0 Å². The van der Waals surface area contributed by atoms with Crippen molar-refractivity contribution >= 4 is 9.84 Å². The zero-order valence-corrected chi connectivity index (χ0v) is 13.5. The van der Waals surface area contributed by atoms with E-state index in [0.717, 1.165) is 18.2 Å². The molecule has 0 aliphatic carbocycles. The first kappa shape index (κ1) is 16.4. The van der Waals surface area contributed by atoms with Crippen LogP contribution in [0, 0.1) is 6.07 Å². The molecule has 0 unspecified atom stereocenters. The molecule has 0 saturated heterocycles. The molecule has 0 aliphatic heterocycles. The highest BCUT2D eigenvalue weighted by Crippen LogP contribution is 2.34. The standard InChI is InChI=1S/C17H19O4S/c1-3-12-20-17-15(10-7-11-16(17)22(2,18)19)21-13-14-8-5-4-6-9-14/h4-6,8-11H,3,12-13H2,1-2H3. The van der Waals surface area contributed by atoms with Gasteiger partial charge in [-0.25, -0.2) is 8.42 Å². The molecule has 0 saturated carbocycles. The lowest BCUT2D eigenvalue weighted by molar-refractivity contribution is 0.256. The first-order valence-electron chi connectivity index (χ1n) is 7.06. The van der Waals surface area contributed by atoms with Gasteiger partial charge in [-0.2, -0.15) is 0 Å². The van der Waals surface area contributed by atoms with Crippen molar-refractivity contribution in [2.45, 2.75) is 24.8 Å². The second kappa shape index (κ2) is 7.31. The summed E-state index contributed by atoms with van der Waals surface area (Å²) < 4.78 is 35.1. The second-order valence-corrected chi connectivity index (χ2v) is 6.89. The fraction of sp³-hybridized carbons (Fsp3) is 0.294. The number of rotatable bonds is 7. The topological polar surface area (TPSA) is 52.6 Å². The Bertz CT molecular complexity index is 709. The summed E-state index contributed by atoms with van der Waals surface area (Å²) in [5.41, 5.74) is 0.994. The fourth-order valence-corrected chi connectivity index (χ4v) is 2.69. The number of hydrogen-bond acceptors (Lipinski definition) is 4. The van der Waals surface area contributed by atoms with Gasteiger partial charge in [-0.1, -0.05) is 37.3 Å². The molecule has 0 aliphatic rings. The second-order valence-electron chi connectivity index (χ2n) is 4.91. The Hall–Kier alpha value is -2.01. The van der Waals surface area contributed by atoms with Gasteiger partial charge in [0.2, 0.25) is 0 Å². The van der Waals surface area contributed by atoms with Gasteiger partial charge in [-0.3, -0.25) is 0 Å². The van der Waals surface area contributed by atoms with Crippen molar-refractivity contribution in [3.8, 4) is 11.5 Å². The Morgan fingerprint density at radius 1 is 1.09 bits per heavy atom. The third-order valence-electron chi connectivity index (χ3n) is 2.96. The van der Waals surface area contributed by atoms with Crippen molar-refractivity contribution in [2.75, 3.05) is 12.9 Å². The lowest BCUT2D eigenvalue weighted by Gasteiger charge is -2.15. The van der Waals surface area contributed by atoms with Crippen LogP contribution in [0.1, 0.15) is 18.9 Å². The predicted molar refractivity (Wildman–Crippen MR) is 84.9 cm³/mol. The van der Waals surface area contributed by atoms with Gasteiger partial charge in [0, 0.05) is 6.26 Å². The van der Waals surface area contributed by atoms with E-state index >= 15 is 0 Å². The van der Waals surface area contributed by atoms with Crippen molar-refractivity contribution in [3.05, 3.63) is 54.1 Å². The maximum atomic E-state index is 11.9. The maximum Gasteiger partial charge on any atom is 0.179 e. The Labute approximate surface area is 131 Å². The highest BCUT2D eigenvalue weighted by Gasteiger charge is 2.19. The van der Waals surface area contributed by atoms with E-state index in [-0.39, 0.29) is 10.6 Å². The van der Waals surface area contributed by atoms with E-state index in [1.54, 1.807) is 6.07 Å². The van der Waals surface area contributed by atoms with Crippen LogP contribution in [0.4, 0.5) is 0 Å². The highest BCUT2D eigenvalue weighted by atomic mass is 32.2. The Morgan fingerprint density at radius 2 is 1.82 bits per heavy atom. The molecule has 4 nitrogen and oxygen atoms in total. The molecule has 2 aromatic rings. The van der Waals surface area contributed by atoms with E-state index in [1.165, 1.54) is 6.07 Å². The molecule has 22 heavy (non-hydrogen) atoms. The number of ether oxygens (including phenoxy) is 2. The third kappa shape index (κ3) is 4.24. The molecule has 0 bridgehead atoms. The van der Waals surface area contributed by atoms with Crippen LogP contribution < -0.4 is 9.47 Å². The van der Waals surface area contributed by atoms with Gasteiger partial charge in [-0.05, 0) is 30.2 Å². The molecular weight excluding hydrogens is 300 g/mol. The van der Waals surface area contributed by atoms with E-state index in [1.807, 2.05) is 37.3 Å². The van der Waals surface area contributed by atoms with Gasteiger partial charge < -0.3 is 9.47 Å². The van der Waals surface area contributed by atoms with Gasteiger partial charge in [0.1, 0.15) is 11.5 Å². The van der Waals surface area contributed by atoms with Gasteiger partial charge >= 0.3 is 0 Å². The molecule has 2 rings (SSSR count). The lowest BCUT2D eigenvalue weighted by atomic mass is 10.2. The summed E-state index contributed by atoms with van der Waals surface area (Å²) in [6.45, 7) is 2.72. The maximum absolute atomic E-state index is 11.9. The van der Waals surface area contributed by atoms with Crippen molar-refractivity contribution in [1.29, 1.82) is 0 Å². The fourth-order valence-electron chi connectivity index (χ4n) is 1.91. The molecule has 0 spiro atoms. The van der Waals surface area contributed by atoms with Crippen LogP contribution in [0.2, 0.25) is 0 Å². The van der Waals surface area contributed by atoms with Crippen LogP contribution in [0.3, 0.4) is 0 Å². The predicted octanol–water partition coefficient (Wildman–Crippen LogP) is 3.26. The number of sulfone groups is 1. The molecule has 1 radical (unpaired) electrons. The average molecular weight is 319 g/mol. The SMILES string of the molecule is CCCOc1c(OCc2ccccc2)c[c]cc1S(C)(=O)=O. The van der Waals surface area contributed by atoms with Crippen LogP contribution in [-0.4, -0.2) is 21.3 Å². The Kier molecular flexibility index (Phi) is 5.44. The Morgan fingerprint density at radius 3 is 2.45 bits per heavy atom. The van der Waals surface area contributed by atoms with E-state index in [4.69, 9.17) is 9.47 Å². The highest BCUT2D eigenvalue weighted by molar-refractivity contribution is 7.90. The van der Waals surface area contributed by atoms with Crippen LogP contribution in [-0.2, 0) is 16.4 Å². The van der Waals surface area contributed by atoms with Crippen LogP contribution in [0.5, 0.6) is 11.5 Å². The van der Waals surface area contributed by atoms with Crippen molar-refractivity contribution in [3.63, 3.8) is 0 Å². The van der Waals surface area contributed by atoms with Crippen LogP contribution >= 0.6 is 0 Å². The molecule has 0 N–H and O–H groups in total. The first-order chi connectivity index (χ1) is 10.5. The minimum Gasteiger partial charge on any atom is -0.488 e. The molecule has 117 valence electrons. The van der Waals surface area contributed by atoms with Gasteiger partial charge in [0.15, 0.2) is 21.3 Å². The van der Waals surface area contributed by atoms with Crippen molar-refractivity contribution in [2.24, 2.45) is 0 Å². The molecular formula is C17H19O4S. The lowest BCUT2D eigenvalue weighted by Crippen LogP contribution is -2.06. The zero-order chi connectivity index (χ0) is 16.0. The molecule has 0 amide bonds. The normalized spacial score (nSPS) is 11.2. The largest absolute Gasteiger partial charge is 0.488 e. The smallest absolute Gasteiger partial charge is 0.179 e. The van der Waals surface area contributed by atoms with Crippen molar-refractivity contribution < 1.29 is 17.9 Å². The molecule has 0 heterocycles. The van der Waals surface area contributed by atoms with E-state index in [9.17, 15) is 8.42 Å². The summed E-state index contributed by atoms with van der Waals surface area (Å²) in [7, 11) is -3.41. The number of hydrogen-bond donors (Lipinski definition) is 0. The van der Waals surface area contributed by atoms with Gasteiger partial charge in [0.25, 0.3) is 0 Å². The Balaban J connectivity index is 2.29.